The van der Waals surface area contributed by atoms with Crippen LogP contribution in [0.15, 0.2) is 18.5 Å². The number of nitrogens with zero attached hydrogens (tertiary/aromatic N) is 1. The van der Waals surface area contributed by atoms with Crippen molar-refractivity contribution in [2.24, 2.45) is 29.6 Å². The van der Waals surface area contributed by atoms with Gasteiger partial charge in [-0.1, -0.05) is 0 Å². The molecule has 0 aromatic carbocycles. The van der Waals surface area contributed by atoms with Crippen molar-refractivity contribution in [1.29, 1.82) is 0 Å². The van der Waals surface area contributed by atoms with E-state index in [0.717, 1.165) is 47.5 Å². The summed E-state index contributed by atoms with van der Waals surface area (Å²) in [5.74, 6) is 5.19. The van der Waals surface area contributed by atoms with Crippen molar-refractivity contribution in [2.45, 2.75) is 38.5 Å². The van der Waals surface area contributed by atoms with E-state index in [1.54, 1.807) is 12.6 Å². The molecule has 0 saturated heterocycles. The number of nitrogen functional groups attached to an aromatic ring is 1. The number of hydrogen-bond donors (Lipinski definition) is 2. The minimum absolute atomic E-state index is 0.762. The van der Waals surface area contributed by atoms with E-state index in [2.05, 4.69) is 10.3 Å². The number of nitrogens with one attached hydrogen (secondary N) is 1. The second kappa shape index (κ2) is 4.94. The second-order valence-corrected chi connectivity index (χ2v) is 7.27. The molecule has 4 fully saturated rings. The minimum atomic E-state index is 0.762. The van der Waals surface area contributed by atoms with Gasteiger partial charge in [-0.2, -0.15) is 0 Å². The van der Waals surface area contributed by atoms with Gasteiger partial charge in [-0.25, -0.2) is 0 Å². The van der Waals surface area contributed by atoms with E-state index < -0.39 is 0 Å². The molecule has 1 aromatic heterocycles. The molecule has 108 valence electrons. The highest BCUT2D eigenvalue weighted by Gasteiger charge is 2.47. The molecule has 4 bridgehead atoms. The zero-order valence-corrected chi connectivity index (χ0v) is 12.1. The number of rotatable bonds is 4. The third-order valence-corrected chi connectivity index (χ3v) is 6.07. The molecule has 4 aliphatic carbocycles. The van der Waals surface area contributed by atoms with Gasteiger partial charge in [-0.3, -0.25) is 4.98 Å². The molecule has 20 heavy (non-hydrogen) atoms. The van der Waals surface area contributed by atoms with Gasteiger partial charge < -0.3 is 11.1 Å². The van der Waals surface area contributed by atoms with Crippen molar-refractivity contribution in [3.63, 3.8) is 0 Å². The topological polar surface area (TPSA) is 50.9 Å². The molecule has 1 aromatic rings. The normalized spacial score (nSPS) is 38.1. The number of aromatic nitrogens is 1. The molecule has 5 rings (SSSR count). The summed E-state index contributed by atoms with van der Waals surface area (Å²) < 4.78 is 0. The molecule has 3 nitrogen and oxygen atoms in total. The van der Waals surface area contributed by atoms with Gasteiger partial charge in [0.05, 0.1) is 17.6 Å². The molecule has 3 N–H and O–H groups in total. The molecular weight excluding hydrogens is 246 g/mol. The fourth-order valence-electron chi connectivity index (χ4n) is 5.45. The first-order valence-electron chi connectivity index (χ1n) is 8.23. The van der Waals surface area contributed by atoms with Gasteiger partial charge in [0.15, 0.2) is 0 Å². The molecule has 0 atom stereocenters. The Morgan fingerprint density at radius 3 is 2.45 bits per heavy atom. The smallest absolute Gasteiger partial charge is 0.0736 e. The van der Waals surface area contributed by atoms with E-state index in [1.807, 2.05) is 12.3 Å². The maximum atomic E-state index is 5.93. The summed E-state index contributed by atoms with van der Waals surface area (Å²) in [6.45, 7) is 1.06. The second-order valence-electron chi connectivity index (χ2n) is 7.27. The molecule has 0 radical (unpaired) electrons. The summed E-state index contributed by atoms with van der Waals surface area (Å²) in [6.07, 6.45) is 12.5. The van der Waals surface area contributed by atoms with E-state index in [9.17, 15) is 0 Å². The number of pyridine rings is 1. The lowest BCUT2D eigenvalue weighted by molar-refractivity contribution is -0.0381. The van der Waals surface area contributed by atoms with Crippen LogP contribution >= 0.6 is 0 Å². The Labute approximate surface area is 121 Å². The van der Waals surface area contributed by atoms with Gasteiger partial charge in [0.2, 0.25) is 0 Å². The fourth-order valence-corrected chi connectivity index (χ4v) is 5.45. The van der Waals surface area contributed by atoms with Crippen LogP contribution in [-0.2, 0) is 0 Å². The molecular formula is C17H25N3. The Morgan fingerprint density at radius 2 is 1.80 bits per heavy atom. The largest absolute Gasteiger partial charge is 0.396 e. The zero-order valence-electron chi connectivity index (χ0n) is 12.1. The van der Waals surface area contributed by atoms with Crippen LogP contribution in [0.3, 0.4) is 0 Å². The monoisotopic (exact) mass is 271 g/mol. The third-order valence-electron chi connectivity index (χ3n) is 6.07. The fraction of sp³-hybridized carbons (Fsp3) is 0.706. The molecule has 4 aliphatic rings. The first-order valence-corrected chi connectivity index (χ1v) is 8.23. The highest BCUT2D eigenvalue weighted by atomic mass is 14.9. The first-order chi connectivity index (χ1) is 9.79. The Balaban J connectivity index is 1.35. The SMILES string of the molecule is Nc1cnccc1NCCC1C2CC3CC(C2)CC1C3. The summed E-state index contributed by atoms with van der Waals surface area (Å²) in [4.78, 5) is 4.04. The van der Waals surface area contributed by atoms with Crippen LogP contribution in [0, 0.1) is 29.6 Å². The quantitative estimate of drug-likeness (QED) is 0.880. The van der Waals surface area contributed by atoms with Crippen LogP contribution in [0.1, 0.15) is 38.5 Å². The zero-order chi connectivity index (χ0) is 13.5. The lowest BCUT2D eigenvalue weighted by Gasteiger charge is -2.54. The molecule has 0 unspecified atom stereocenters. The molecule has 0 amide bonds. The average Bonchev–Trinajstić information content (AvgIpc) is 2.43. The Kier molecular flexibility index (Phi) is 3.08. The lowest BCUT2D eigenvalue weighted by atomic mass is 9.51. The molecule has 3 heteroatoms. The predicted molar refractivity (Wildman–Crippen MR) is 82.3 cm³/mol. The standard InChI is InChI=1S/C17H25N3/c18-16-10-19-3-2-17(16)20-4-1-15-13-6-11-5-12(8-13)9-14(15)7-11/h2-3,10-15H,1,4-9,18H2,(H,19,20). The van der Waals surface area contributed by atoms with Crippen molar-refractivity contribution in [3.8, 4) is 0 Å². The van der Waals surface area contributed by atoms with Gasteiger partial charge >= 0.3 is 0 Å². The van der Waals surface area contributed by atoms with Gasteiger partial charge in [-0.15, -0.1) is 0 Å². The van der Waals surface area contributed by atoms with Gasteiger partial charge in [-0.05, 0) is 74.2 Å². The number of nitrogens with two attached hydrogens (primary N) is 1. The summed E-state index contributed by atoms with van der Waals surface area (Å²) in [5, 5.41) is 3.51. The van der Waals surface area contributed by atoms with E-state index >= 15 is 0 Å². The summed E-state index contributed by atoms with van der Waals surface area (Å²) in [5.41, 5.74) is 7.74. The van der Waals surface area contributed by atoms with E-state index in [1.165, 1.54) is 32.1 Å². The highest BCUT2D eigenvalue weighted by molar-refractivity contribution is 5.64. The van der Waals surface area contributed by atoms with Crippen LogP contribution in [0.25, 0.3) is 0 Å². The Bertz CT molecular complexity index is 457. The third kappa shape index (κ3) is 2.17. The molecule has 0 spiro atoms. The summed E-state index contributed by atoms with van der Waals surface area (Å²) in [6, 6.07) is 1.98. The highest BCUT2D eigenvalue weighted by Crippen LogP contribution is 2.57. The maximum Gasteiger partial charge on any atom is 0.0736 e. The summed E-state index contributed by atoms with van der Waals surface area (Å²) >= 11 is 0. The van der Waals surface area contributed by atoms with Gasteiger partial charge in [0.25, 0.3) is 0 Å². The van der Waals surface area contributed by atoms with Crippen LogP contribution in [-0.4, -0.2) is 11.5 Å². The Morgan fingerprint density at radius 1 is 1.10 bits per heavy atom. The van der Waals surface area contributed by atoms with E-state index in [-0.39, 0.29) is 0 Å². The summed E-state index contributed by atoms with van der Waals surface area (Å²) in [7, 11) is 0. The van der Waals surface area contributed by atoms with Crippen LogP contribution < -0.4 is 11.1 Å². The minimum Gasteiger partial charge on any atom is -0.396 e. The van der Waals surface area contributed by atoms with Crippen molar-refractivity contribution in [3.05, 3.63) is 18.5 Å². The number of hydrogen-bond acceptors (Lipinski definition) is 3. The molecule has 4 saturated carbocycles. The maximum absolute atomic E-state index is 5.93. The molecule has 0 aliphatic heterocycles. The first kappa shape index (κ1) is 12.5. The van der Waals surface area contributed by atoms with Crippen molar-refractivity contribution in [1.82, 2.24) is 4.98 Å². The predicted octanol–water partition coefficient (Wildman–Crippen LogP) is 3.54. The van der Waals surface area contributed by atoms with Crippen molar-refractivity contribution < 1.29 is 0 Å². The van der Waals surface area contributed by atoms with Crippen molar-refractivity contribution in [2.75, 3.05) is 17.6 Å². The van der Waals surface area contributed by atoms with Crippen LogP contribution in [0.5, 0.6) is 0 Å². The lowest BCUT2D eigenvalue weighted by Crippen LogP contribution is -2.45. The van der Waals surface area contributed by atoms with Crippen molar-refractivity contribution >= 4 is 11.4 Å². The van der Waals surface area contributed by atoms with E-state index in [4.69, 9.17) is 5.73 Å². The average molecular weight is 271 g/mol. The van der Waals surface area contributed by atoms with Gasteiger partial charge in [0, 0.05) is 12.7 Å². The Hall–Kier alpha value is -1.25. The number of anilines is 2. The van der Waals surface area contributed by atoms with E-state index in [0.29, 0.717) is 0 Å². The van der Waals surface area contributed by atoms with Crippen LogP contribution in [0.2, 0.25) is 0 Å². The van der Waals surface area contributed by atoms with Gasteiger partial charge in [0.1, 0.15) is 0 Å². The molecule has 1 heterocycles. The van der Waals surface area contributed by atoms with Crippen LogP contribution in [0.4, 0.5) is 11.4 Å².